The average molecular weight is 303 g/mol. The quantitative estimate of drug-likeness (QED) is 0.634. The van der Waals surface area contributed by atoms with E-state index in [0.717, 1.165) is 25.8 Å². The molecule has 6 heteroatoms. The molecule has 0 heterocycles. The van der Waals surface area contributed by atoms with Crippen LogP contribution in [0.25, 0.3) is 0 Å². The average Bonchev–Trinajstić information content (AvgIpc) is 3.13. The zero-order chi connectivity index (χ0) is 14.6. The second kappa shape index (κ2) is 6.73. The third-order valence-corrected chi connectivity index (χ3v) is 6.07. The van der Waals surface area contributed by atoms with Crippen LogP contribution in [-0.2, 0) is 10.2 Å². The Morgan fingerprint density at radius 3 is 2.50 bits per heavy atom. The largest absolute Gasteiger partial charge is 0.314 e. The molecule has 0 saturated heterocycles. The second-order valence-corrected chi connectivity index (χ2v) is 8.61. The van der Waals surface area contributed by atoms with Gasteiger partial charge in [0.2, 0.25) is 0 Å². The standard InChI is InChI=1S/C14H29N3O2S/c1-14(8-3-4-9-14)12-16-20(18,19)17(2)11-5-10-15-13-6-7-13/h13,15-16H,3-12H2,1-2H3. The lowest BCUT2D eigenvalue weighted by molar-refractivity contribution is 0.330. The Labute approximate surface area is 123 Å². The molecule has 2 fully saturated rings. The Bertz CT molecular complexity index is 401. The van der Waals surface area contributed by atoms with Crippen molar-refractivity contribution in [2.24, 2.45) is 5.41 Å². The molecule has 118 valence electrons. The molecule has 0 radical (unpaired) electrons. The molecule has 2 saturated carbocycles. The van der Waals surface area contributed by atoms with E-state index in [-0.39, 0.29) is 5.41 Å². The fraction of sp³-hybridized carbons (Fsp3) is 1.00. The summed E-state index contributed by atoms with van der Waals surface area (Å²) in [6.45, 7) is 4.23. The van der Waals surface area contributed by atoms with E-state index in [2.05, 4.69) is 17.0 Å². The minimum atomic E-state index is -3.32. The molecule has 0 aliphatic heterocycles. The highest BCUT2D eigenvalue weighted by Crippen LogP contribution is 2.36. The SMILES string of the molecule is CN(CCCNC1CC1)S(=O)(=O)NCC1(C)CCCC1. The number of nitrogens with one attached hydrogen (secondary N) is 2. The Hall–Kier alpha value is -0.170. The van der Waals surface area contributed by atoms with E-state index in [1.54, 1.807) is 7.05 Å². The van der Waals surface area contributed by atoms with Crippen LogP contribution in [0.15, 0.2) is 0 Å². The van der Waals surface area contributed by atoms with Crippen molar-refractivity contribution in [3.63, 3.8) is 0 Å². The molecule has 0 aromatic rings. The van der Waals surface area contributed by atoms with Gasteiger partial charge in [0.1, 0.15) is 0 Å². The highest BCUT2D eigenvalue weighted by molar-refractivity contribution is 7.87. The summed E-state index contributed by atoms with van der Waals surface area (Å²) in [4.78, 5) is 0. The van der Waals surface area contributed by atoms with E-state index in [1.165, 1.54) is 30.0 Å². The molecule has 0 unspecified atom stereocenters. The van der Waals surface area contributed by atoms with E-state index < -0.39 is 10.2 Å². The van der Waals surface area contributed by atoms with Gasteiger partial charge in [-0.15, -0.1) is 0 Å². The molecule has 0 atom stereocenters. The van der Waals surface area contributed by atoms with Crippen LogP contribution in [-0.4, -0.2) is 45.4 Å². The van der Waals surface area contributed by atoms with Gasteiger partial charge < -0.3 is 5.32 Å². The van der Waals surface area contributed by atoms with E-state index >= 15 is 0 Å². The molecule has 2 aliphatic rings. The normalized spacial score (nSPS) is 22.6. The molecule has 0 spiro atoms. The maximum Gasteiger partial charge on any atom is 0.279 e. The second-order valence-electron chi connectivity index (χ2n) is 6.75. The summed E-state index contributed by atoms with van der Waals surface area (Å²) >= 11 is 0. The number of rotatable bonds is 9. The predicted molar refractivity (Wildman–Crippen MR) is 81.8 cm³/mol. The summed E-state index contributed by atoms with van der Waals surface area (Å²) in [5.74, 6) is 0. The summed E-state index contributed by atoms with van der Waals surface area (Å²) in [6.07, 6.45) is 8.12. The van der Waals surface area contributed by atoms with Gasteiger partial charge in [-0.05, 0) is 44.1 Å². The molecule has 0 aromatic carbocycles. The molecule has 5 nitrogen and oxygen atoms in total. The van der Waals surface area contributed by atoms with Crippen molar-refractivity contribution in [1.29, 1.82) is 0 Å². The summed E-state index contributed by atoms with van der Waals surface area (Å²) in [5, 5.41) is 3.40. The lowest BCUT2D eigenvalue weighted by atomic mass is 9.89. The van der Waals surface area contributed by atoms with E-state index in [1.807, 2.05) is 0 Å². The molecular weight excluding hydrogens is 274 g/mol. The predicted octanol–water partition coefficient (Wildman–Crippen LogP) is 1.47. The van der Waals surface area contributed by atoms with Gasteiger partial charge in [-0.3, -0.25) is 0 Å². The maximum absolute atomic E-state index is 12.2. The van der Waals surface area contributed by atoms with Crippen LogP contribution >= 0.6 is 0 Å². The Kier molecular flexibility index (Phi) is 5.45. The van der Waals surface area contributed by atoms with E-state index in [4.69, 9.17) is 0 Å². The van der Waals surface area contributed by atoms with Crippen molar-refractivity contribution in [1.82, 2.24) is 14.3 Å². The monoisotopic (exact) mass is 303 g/mol. The first-order valence-electron chi connectivity index (χ1n) is 7.86. The van der Waals surface area contributed by atoms with Gasteiger partial charge in [0.05, 0.1) is 0 Å². The molecule has 2 N–H and O–H groups in total. The number of hydrogen-bond acceptors (Lipinski definition) is 3. The molecule has 0 amide bonds. The van der Waals surface area contributed by atoms with Crippen LogP contribution in [0.3, 0.4) is 0 Å². The molecule has 2 rings (SSSR count). The van der Waals surface area contributed by atoms with Gasteiger partial charge in [-0.1, -0.05) is 19.8 Å². The molecular formula is C14H29N3O2S. The zero-order valence-electron chi connectivity index (χ0n) is 12.8. The summed E-state index contributed by atoms with van der Waals surface area (Å²) in [7, 11) is -1.65. The minimum Gasteiger partial charge on any atom is -0.314 e. The fourth-order valence-corrected chi connectivity index (χ4v) is 3.92. The van der Waals surface area contributed by atoms with Crippen molar-refractivity contribution in [2.75, 3.05) is 26.7 Å². The molecule has 0 aromatic heterocycles. The fourth-order valence-electron chi connectivity index (χ4n) is 2.80. The van der Waals surface area contributed by atoms with Crippen LogP contribution in [0.4, 0.5) is 0 Å². The topological polar surface area (TPSA) is 61.4 Å². The van der Waals surface area contributed by atoms with Gasteiger partial charge in [0.15, 0.2) is 0 Å². The van der Waals surface area contributed by atoms with Crippen LogP contribution in [0, 0.1) is 5.41 Å². The van der Waals surface area contributed by atoms with Gasteiger partial charge in [0, 0.05) is 26.2 Å². The first-order chi connectivity index (χ1) is 9.41. The van der Waals surface area contributed by atoms with Crippen molar-refractivity contribution >= 4 is 10.2 Å². The van der Waals surface area contributed by atoms with E-state index in [0.29, 0.717) is 19.1 Å². The Morgan fingerprint density at radius 1 is 1.25 bits per heavy atom. The van der Waals surface area contributed by atoms with Crippen molar-refractivity contribution < 1.29 is 8.42 Å². The van der Waals surface area contributed by atoms with Crippen molar-refractivity contribution in [2.45, 2.75) is 57.9 Å². The Balaban J connectivity index is 1.67. The van der Waals surface area contributed by atoms with Crippen LogP contribution < -0.4 is 10.0 Å². The van der Waals surface area contributed by atoms with Crippen molar-refractivity contribution in [3.05, 3.63) is 0 Å². The summed E-state index contributed by atoms with van der Waals surface area (Å²) < 4.78 is 28.6. The van der Waals surface area contributed by atoms with Gasteiger partial charge >= 0.3 is 0 Å². The molecule has 20 heavy (non-hydrogen) atoms. The number of nitrogens with zero attached hydrogens (tertiary/aromatic N) is 1. The first kappa shape index (κ1) is 16.2. The zero-order valence-corrected chi connectivity index (χ0v) is 13.6. The third kappa shape index (κ3) is 4.98. The van der Waals surface area contributed by atoms with Crippen LogP contribution in [0.1, 0.15) is 51.9 Å². The first-order valence-corrected chi connectivity index (χ1v) is 9.30. The smallest absolute Gasteiger partial charge is 0.279 e. The third-order valence-electron chi connectivity index (χ3n) is 4.56. The number of hydrogen-bond donors (Lipinski definition) is 2. The lowest BCUT2D eigenvalue weighted by Crippen LogP contribution is -2.43. The van der Waals surface area contributed by atoms with Gasteiger partial charge in [0.25, 0.3) is 10.2 Å². The summed E-state index contributed by atoms with van der Waals surface area (Å²) in [5.41, 5.74) is 0.154. The Morgan fingerprint density at radius 2 is 1.90 bits per heavy atom. The van der Waals surface area contributed by atoms with Crippen LogP contribution in [0.2, 0.25) is 0 Å². The highest BCUT2D eigenvalue weighted by Gasteiger charge is 2.30. The summed E-state index contributed by atoms with van der Waals surface area (Å²) in [6, 6.07) is 0.692. The molecule has 0 bridgehead atoms. The molecule has 2 aliphatic carbocycles. The highest BCUT2D eigenvalue weighted by atomic mass is 32.2. The minimum absolute atomic E-state index is 0.154. The van der Waals surface area contributed by atoms with E-state index in [9.17, 15) is 8.42 Å². The van der Waals surface area contributed by atoms with Crippen molar-refractivity contribution in [3.8, 4) is 0 Å². The van der Waals surface area contributed by atoms with Gasteiger partial charge in [-0.25, -0.2) is 4.72 Å². The van der Waals surface area contributed by atoms with Gasteiger partial charge in [-0.2, -0.15) is 12.7 Å². The lowest BCUT2D eigenvalue weighted by Gasteiger charge is -2.26. The maximum atomic E-state index is 12.2. The van der Waals surface area contributed by atoms with Crippen LogP contribution in [0.5, 0.6) is 0 Å².